The molecular formula is C19H11Cl2+. The van der Waals surface area contributed by atoms with Crippen LogP contribution in [0.15, 0.2) is 66.7 Å². The van der Waals surface area contributed by atoms with Crippen LogP contribution in [0.3, 0.4) is 0 Å². The van der Waals surface area contributed by atoms with Crippen molar-refractivity contribution in [1.82, 2.24) is 0 Å². The standard InChI is InChI=1S/C19H11Cl2/c20-13-6-8-15-17(10-13)18-11-14(21)7-9-16(18)19(15)12-4-2-1-3-5-12/h1-11H/q+1. The molecule has 0 amide bonds. The molecule has 0 fully saturated rings. The summed E-state index contributed by atoms with van der Waals surface area (Å²) in [6.45, 7) is 0. The Kier molecular flexibility index (Phi) is 2.95. The van der Waals surface area contributed by atoms with Gasteiger partial charge in [-0.3, -0.25) is 0 Å². The van der Waals surface area contributed by atoms with Gasteiger partial charge in [0.15, 0.2) is 0 Å². The number of halogens is 2. The molecule has 2 heteroatoms. The van der Waals surface area contributed by atoms with Crippen LogP contribution >= 0.6 is 23.2 Å². The van der Waals surface area contributed by atoms with E-state index in [1.54, 1.807) is 0 Å². The van der Waals surface area contributed by atoms with Gasteiger partial charge in [0.1, 0.15) is 0 Å². The lowest BCUT2D eigenvalue weighted by molar-refractivity contribution is 1.28. The maximum Gasteiger partial charge on any atom is 0.0675 e. The van der Waals surface area contributed by atoms with E-state index in [0.29, 0.717) is 0 Å². The molecule has 0 atom stereocenters. The fourth-order valence-electron chi connectivity index (χ4n) is 2.98. The van der Waals surface area contributed by atoms with Gasteiger partial charge in [-0.1, -0.05) is 29.3 Å². The van der Waals surface area contributed by atoms with E-state index >= 15 is 0 Å². The zero-order chi connectivity index (χ0) is 14.4. The minimum Gasteiger partial charge on any atom is -0.0832 e. The Bertz CT molecular complexity index is 771. The maximum absolute atomic E-state index is 6.18. The average molecular weight is 310 g/mol. The van der Waals surface area contributed by atoms with Gasteiger partial charge in [0.05, 0.1) is 43.8 Å². The highest BCUT2D eigenvalue weighted by molar-refractivity contribution is 6.31. The Morgan fingerprint density at radius 2 is 1.14 bits per heavy atom. The summed E-state index contributed by atoms with van der Waals surface area (Å²) < 4.78 is 0. The Labute approximate surface area is 134 Å². The molecule has 0 bridgehead atoms. The normalized spacial score (nSPS) is 12.2. The molecular weight excluding hydrogens is 299 g/mol. The van der Waals surface area contributed by atoms with Crippen LogP contribution < -0.4 is 0 Å². The highest BCUT2D eigenvalue weighted by atomic mass is 35.5. The number of benzene rings is 3. The summed E-state index contributed by atoms with van der Waals surface area (Å²) in [5.41, 5.74) is 5.94. The monoisotopic (exact) mass is 309 g/mol. The van der Waals surface area contributed by atoms with E-state index in [2.05, 4.69) is 36.4 Å². The number of fused-ring (bicyclic) bond motifs is 3. The van der Waals surface area contributed by atoms with Gasteiger partial charge in [0.2, 0.25) is 0 Å². The van der Waals surface area contributed by atoms with E-state index in [-0.39, 0.29) is 0 Å². The summed E-state index contributed by atoms with van der Waals surface area (Å²) in [6, 6.07) is 22.5. The summed E-state index contributed by atoms with van der Waals surface area (Å²) in [5.74, 6) is 1.24. The van der Waals surface area contributed by atoms with Crippen molar-refractivity contribution >= 4 is 23.2 Å². The second-order valence-electron chi connectivity index (χ2n) is 5.12. The molecule has 1 aliphatic rings. The molecule has 0 aliphatic heterocycles. The van der Waals surface area contributed by atoms with Gasteiger partial charge in [-0.25, -0.2) is 0 Å². The third-order valence-electron chi connectivity index (χ3n) is 3.85. The molecule has 0 nitrogen and oxygen atoms in total. The molecule has 0 radical (unpaired) electrons. The van der Waals surface area contributed by atoms with Gasteiger partial charge < -0.3 is 0 Å². The molecule has 0 unspecified atom stereocenters. The first-order valence-corrected chi connectivity index (χ1v) is 7.52. The lowest BCUT2D eigenvalue weighted by Crippen LogP contribution is -1.99. The maximum atomic E-state index is 6.18. The van der Waals surface area contributed by atoms with Gasteiger partial charge in [-0.05, 0) is 60.7 Å². The number of rotatable bonds is 1. The molecule has 21 heavy (non-hydrogen) atoms. The summed E-state index contributed by atoms with van der Waals surface area (Å²) in [6.07, 6.45) is 0. The Morgan fingerprint density at radius 3 is 1.67 bits per heavy atom. The van der Waals surface area contributed by atoms with E-state index in [9.17, 15) is 0 Å². The first kappa shape index (κ1) is 12.8. The topological polar surface area (TPSA) is 0 Å². The van der Waals surface area contributed by atoms with Crippen molar-refractivity contribution in [1.29, 1.82) is 0 Å². The molecule has 0 saturated heterocycles. The van der Waals surface area contributed by atoms with Gasteiger partial charge >= 0.3 is 0 Å². The van der Waals surface area contributed by atoms with Gasteiger partial charge in [-0.2, -0.15) is 0 Å². The van der Waals surface area contributed by atoms with Crippen LogP contribution in [-0.2, 0) is 0 Å². The molecule has 4 rings (SSSR count). The van der Waals surface area contributed by atoms with Crippen LogP contribution in [-0.4, -0.2) is 0 Å². The summed E-state index contributed by atoms with van der Waals surface area (Å²) >= 11 is 12.4. The Morgan fingerprint density at radius 1 is 0.619 bits per heavy atom. The Balaban J connectivity index is 2.02. The van der Waals surface area contributed by atoms with E-state index in [1.165, 1.54) is 22.6 Å². The van der Waals surface area contributed by atoms with Crippen LogP contribution in [0, 0.1) is 5.92 Å². The second-order valence-corrected chi connectivity index (χ2v) is 5.99. The van der Waals surface area contributed by atoms with Gasteiger partial charge in [0, 0.05) is 0 Å². The fourth-order valence-corrected chi connectivity index (χ4v) is 3.32. The predicted molar refractivity (Wildman–Crippen MR) is 88.9 cm³/mol. The van der Waals surface area contributed by atoms with Crippen molar-refractivity contribution in [2.45, 2.75) is 0 Å². The van der Waals surface area contributed by atoms with Crippen molar-refractivity contribution in [2.24, 2.45) is 0 Å². The zero-order valence-corrected chi connectivity index (χ0v) is 12.6. The summed E-state index contributed by atoms with van der Waals surface area (Å²) in [5, 5.41) is 1.49. The first-order valence-electron chi connectivity index (χ1n) is 6.76. The van der Waals surface area contributed by atoms with Gasteiger partial charge in [0.25, 0.3) is 0 Å². The highest BCUT2D eigenvalue weighted by Gasteiger charge is 2.36. The molecule has 3 aromatic carbocycles. The van der Waals surface area contributed by atoms with E-state index < -0.39 is 0 Å². The molecule has 1 aliphatic carbocycles. The zero-order valence-electron chi connectivity index (χ0n) is 11.1. The molecule has 0 saturated carbocycles. The Hall–Kier alpha value is -1.89. The van der Waals surface area contributed by atoms with Crippen molar-refractivity contribution in [3.63, 3.8) is 0 Å². The minimum absolute atomic E-state index is 0.744. The number of hydrogen-bond acceptors (Lipinski definition) is 0. The van der Waals surface area contributed by atoms with Crippen LogP contribution in [0.25, 0.3) is 11.1 Å². The third-order valence-corrected chi connectivity index (χ3v) is 4.32. The largest absolute Gasteiger partial charge is 0.0832 e. The van der Waals surface area contributed by atoms with Crippen LogP contribution in [0.4, 0.5) is 0 Å². The fraction of sp³-hybridized carbons (Fsp3) is 0. The highest BCUT2D eigenvalue weighted by Crippen LogP contribution is 2.48. The van der Waals surface area contributed by atoms with Crippen molar-refractivity contribution in [3.8, 4) is 11.1 Å². The SMILES string of the molecule is Clc1ccc2c(c1)-c1cc(Cl)ccc1[C+]2c1ccccc1. The lowest BCUT2D eigenvalue weighted by atomic mass is 9.89. The quantitative estimate of drug-likeness (QED) is 0.379. The summed E-state index contributed by atoms with van der Waals surface area (Å²) in [4.78, 5) is 0. The third kappa shape index (κ3) is 2.03. The van der Waals surface area contributed by atoms with Crippen molar-refractivity contribution < 1.29 is 0 Å². The van der Waals surface area contributed by atoms with Gasteiger partial charge in [-0.15, -0.1) is 0 Å². The molecule has 100 valence electrons. The van der Waals surface area contributed by atoms with E-state index in [1.807, 2.05) is 30.3 Å². The van der Waals surface area contributed by atoms with Crippen LogP contribution in [0.2, 0.25) is 10.0 Å². The summed E-state index contributed by atoms with van der Waals surface area (Å²) in [7, 11) is 0. The molecule has 0 heterocycles. The second kappa shape index (κ2) is 4.84. The lowest BCUT2D eigenvalue weighted by Gasteiger charge is -2.08. The molecule has 0 spiro atoms. The predicted octanol–water partition coefficient (Wildman–Crippen LogP) is 5.99. The smallest absolute Gasteiger partial charge is 0.0675 e. The first-order chi connectivity index (χ1) is 10.2. The number of hydrogen-bond donors (Lipinski definition) is 0. The van der Waals surface area contributed by atoms with Crippen LogP contribution in [0.5, 0.6) is 0 Å². The molecule has 0 aromatic heterocycles. The van der Waals surface area contributed by atoms with Crippen molar-refractivity contribution in [3.05, 3.63) is 99.4 Å². The van der Waals surface area contributed by atoms with Crippen molar-refractivity contribution in [2.75, 3.05) is 0 Å². The average Bonchev–Trinajstić information content (AvgIpc) is 2.81. The minimum atomic E-state index is 0.744. The van der Waals surface area contributed by atoms with Crippen LogP contribution in [0.1, 0.15) is 16.7 Å². The molecule has 3 aromatic rings. The molecule has 0 N–H and O–H groups in total. The van der Waals surface area contributed by atoms with E-state index in [0.717, 1.165) is 21.2 Å². The van der Waals surface area contributed by atoms with E-state index in [4.69, 9.17) is 23.2 Å².